The number of hydrogen-bond donors (Lipinski definition) is 2. The lowest BCUT2D eigenvalue weighted by atomic mass is 10.1. The number of para-hydroxylation sites is 1. The van der Waals surface area contributed by atoms with E-state index < -0.39 is 10.8 Å². The first kappa shape index (κ1) is 20.2. The van der Waals surface area contributed by atoms with Gasteiger partial charge in [0, 0.05) is 24.4 Å². The van der Waals surface area contributed by atoms with Crippen LogP contribution in [0.4, 0.5) is 11.4 Å². The van der Waals surface area contributed by atoms with E-state index >= 15 is 0 Å². The number of carbonyl (C=O) groups is 2. The lowest BCUT2D eigenvalue weighted by molar-refractivity contribution is -0.385. The van der Waals surface area contributed by atoms with Crippen molar-refractivity contribution < 1.29 is 14.5 Å². The van der Waals surface area contributed by atoms with Crippen molar-refractivity contribution in [3.63, 3.8) is 0 Å². The summed E-state index contributed by atoms with van der Waals surface area (Å²) in [6, 6.07) is 13.3. The Morgan fingerprint density at radius 3 is 2.79 bits per heavy atom. The Morgan fingerprint density at radius 2 is 2.03 bits per heavy atom. The summed E-state index contributed by atoms with van der Waals surface area (Å²) in [5, 5.41) is 13.8. The Hall–Kier alpha value is -3.52. The van der Waals surface area contributed by atoms with E-state index in [1.54, 1.807) is 24.3 Å². The fraction of sp³-hybridized carbons (Fsp3) is 0.238. The zero-order valence-electron chi connectivity index (χ0n) is 15.8. The summed E-state index contributed by atoms with van der Waals surface area (Å²) in [7, 11) is 0. The maximum Gasteiger partial charge on any atom is 0.276 e. The standard InChI is InChI=1S/C21H22N4O4/c22-21(27)19-9-4-12-24(19)14-15-5-3-7-17(13-15)23-20(26)11-10-16-6-1-2-8-18(16)25(28)29/h1-3,5-8,10-11,13,19H,4,9,12,14H2,(H2,22,27)(H,23,26)/b11-10+. The Bertz CT molecular complexity index is 957. The van der Waals surface area contributed by atoms with Gasteiger partial charge in [-0.25, -0.2) is 0 Å². The highest BCUT2D eigenvalue weighted by Crippen LogP contribution is 2.22. The number of likely N-dealkylation sites (tertiary alicyclic amines) is 1. The Kier molecular flexibility index (Phi) is 6.36. The van der Waals surface area contributed by atoms with Crippen LogP contribution in [0.15, 0.2) is 54.6 Å². The van der Waals surface area contributed by atoms with Crippen LogP contribution in [-0.4, -0.2) is 34.2 Å². The molecule has 29 heavy (non-hydrogen) atoms. The number of nitrogens with two attached hydrogens (primary N) is 1. The van der Waals surface area contributed by atoms with Crippen LogP contribution in [0, 0.1) is 10.1 Å². The van der Waals surface area contributed by atoms with Crippen LogP contribution in [0.5, 0.6) is 0 Å². The molecule has 0 saturated carbocycles. The van der Waals surface area contributed by atoms with Crippen molar-refractivity contribution in [3.05, 3.63) is 75.8 Å². The molecule has 2 aromatic rings. The monoisotopic (exact) mass is 394 g/mol. The number of carbonyl (C=O) groups excluding carboxylic acids is 2. The molecular weight excluding hydrogens is 372 g/mol. The molecule has 1 unspecified atom stereocenters. The molecule has 0 radical (unpaired) electrons. The molecule has 1 heterocycles. The number of benzene rings is 2. The van der Waals surface area contributed by atoms with E-state index in [-0.39, 0.29) is 17.6 Å². The van der Waals surface area contributed by atoms with Gasteiger partial charge >= 0.3 is 0 Å². The summed E-state index contributed by atoms with van der Waals surface area (Å²) in [5.41, 5.74) is 7.32. The Balaban J connectivity index is 1.65. The highest BCUT2D eigenvalue weighted by atomic mass is 16.6. The van der Waals surface area contributed by atoms with E-state index in [0.717, 1.165) is 24.9 Å². The predicted octanol–water partition coefficient (Wildman–Crippen LogP) is 2.70. The minimum absolute atomic E-state index is 0.0619. The summed E-state index contributed by atoms with van der Waals surface area (Å²) < 4.78 is 0. The van der Waals surface area contributed by atoms with Gasteiger partial charge in [0.05, 0.1) is 16.5 Å². The van der Waals surface area contributed by atoms with Crippen LogP contribution in [0.3, 0.4) is 0 Å². The van der Waals surface area contributed by atoms with Gasteiger partial charge in [0.2, 0.25) is 11.8 Å². The first-order chi connectivity index (χ1) is 13.9. The molecule has 1 aliphatic heterocycles. The van der Waals surface area contributed by atoms with Crippen LogP contribution >= 0.6 is 0 Å². The largest absolute Gasteiger partial charge is 0.368 e. The summed E-state index contributed by atoms with van der Waals surface area (Å²) in [6.45, 7) is 1.38. The van der Waals surface area contributed by atoms with Crippen LogP contribution < -0.4 is 11.1 Å². The number of nitro benzene ring substituents is 1. The lowest BCUT2D eigenvalue weighted by Gasteiger charge is -2.22. The van der Waals surface area contributed by atoms with E-state index in [0.29, 0.717) is 17.8 Å². The molecule has 0 aromatic heterocycles. The Labute approximate surface area is 168 Å². The topological polar surface area (TPSA) is 119 Å². The first-order valence-corrected chi connectivity index (χ1v) is 9.29. The molecular formula is C21H22N4O4. The molecule has 2 aromatic carbocycles. The van der Waals surface area contributed by atoms with E-state index in [1.807, 2.05) is 23.1 Å². The van der Waals surface area contributed by atoms with Crippen molar-refractivity contribution in [2.24, 2.45) is 5.73 Å². The van der Waals surface area contributed by atoms with Gasteiger partial charge in [0.1, 0.15) is 0 Å². The molecule has 1 saturated heterocycles. The molecule has 3 N–H and O–H groups in total. The molecule has 1 aliphatic rings. The number of nitrogens with zero attached hydrogens (tertiary/aromatic N) is 2. The zero-order chi connectivity index (χ0) is 20.8. The molecule has 8 heteroatoms. The number of nitro groups is 1. The highest BCUT2D eigenvalue weighted by Gasteiger charge is 2.28. The minimum atomic E-state index is -0.487. The molecule has 2 amide bonds. The molecule has 3 rings (SSSR count). The second kappa shape index (κ2) is 9.11. The van der Waals surface area contributed by atoms with Gasteiger partial charge < -0.3 is 11.1 Å². The molecule has 1 atom stereocenters. The van der Waals surface area contributed by atoms with E-state index in [1.165, 1.54) is 18.2 Å². The third-order valence-electron chi connectivity index (χ3n) is 4.82. The average Bonchev–Trinajstić information content (AvgIpc) is 3.15. The van der Waals surface area contributed by atoms with Gasteiger partial charge in [-0.05, 0) is 49.2 Å². The number of rotatable bonds is 7. The van der Waals surface area contributed by atoms with Crippen molar-refractivity contribution in [2.75, 3.05) is 11.9 Å². The van der Waals surface area contributed by atoms with Gasteiger partial charge in [0.15, 0.2) is 0 Å². The van der Waals surface area contributed by atoms with E-state index in [2.05, 4.69) is 5.32 Å². The van der Waals surface area contributed by atoms with Gasteiger partial charge in [-0.1, -0.05) is 24.3 Å². The molecule has 8 nitrogen and oxygen atoms in total. The van der Waals surface area contributed by atoms with Crippen LogP contribution in [0.1, 0.15) is 24.0 Å². The third kappa shape index (κ3) is 5.26. The first-order valence-electron chi connectivity index (χ1n) is 9.29. The van der Waals surface area contributed by atoms with Crippen molar-refractivity contribution >= 4 is 29.3 Å². The maximum atomic E-state index is 12.2. The summed E-state index contributed by atoms with van der Waals surface area (Å²) in [6.07, 6.45) is 4.38. The van der Waals surface area contributed by atoms with E-state index in [9.17, 15) is 19.7 Å². The molecule has 0 aliphatic carbocycles. The number of nitrogens with one attached hydrogen (secondary N) is 1. The minimum Gasteiger partial charge on any atom is -0.368 e. The van der Waals surface area contributed by atoms with Gasteiger partial charge in [-0.3, -0.25) is 24.6 Å². The summed E-state index contributed by atoms with van der Waals surface area (Å²) in [5.74, 6) is -0.705. The summed E-state index contributed by atoms with van der Waals surface area (Å²) in [4.78, 5) is 36.4. The van der Waals surface area contributed by atoms with Gasteiger partial charge in [-0.15, -0.1) is 0 Å². The summed E-state index contributed by atoms with van der Waals surface area (Å²) >= 11 is 0. The number of anilines is 1. The number of primary amides is 1. The molecule has 1 fully saturated rings. The fourth-order valence-electron chi connectivity index (χ4n) is 3.46. The van der Waals surface area contributed by atoms with Crippen molar-refractivity contribution in [1.29, 1.82) is 0 Å². The van der Waals surface area contributed by atoms with Gasteiger partial charge in [0.25, 0.3) is 5.69 Å². The molecule has 150 valence electrons. The second-order valence-corrected chi connectivity index (χ2v) is 6.87. The number of hydrogen-bond acceptors (Lipinski definition) is 5. The maximum absolute atomic E-state index is 12.2. The predicted molar refractivity (Wildman–Crippen MR) is 110 cm³/mol. The normalized spacial score (nSPS) is 16.8. The fourth-order valence-corrected chi connectivity index (χ4v) is 3.46. The lowest BCUT2D eigenvalue weighted by Crippen LogP contribution is -2.39. The molecule has 0 bridgehead atoms. The number of amides is 2. The highest BCUT2D eigenvalue weighted by molar-refractivity contribution is 6.02. The van der Waals surface area contributed by atoms with Crippen molar-refractivity contribution in [3.8, 4) is 0 Å². The zero-order valence-corrected chi connectivity index (χ0v) is 15.8. The SMILES string of the molecule is NC(=O)C1CCCN1Cc1cccc(NC(=O)/C=C/c2ccccc2[N+](=O)[O-])c1. The van der Waals surface area contributed by atoms with Crippen molar-refractivity contribution in [2.45, 2.75) is 25.4 Å². The van der Waals surface area contributed by atoms with Crippen LogP contribution in [0.25, 0.3) is 6.08 Å². The third-order valence-corrected chi connectivity index (χ3v) is 4.82. The van der Waals surface area contributed by atoms with E-state index in [4.69, 9.17) is 5.73 Å². The Morgan fingerprint density at radius 1 is 1.24 bits per heavy atom. The quantitative estimate of drug-likeness (QED) is 0.425. The van der Waals surface area contributed by atoms with Crippen LogP contribution in [0.2, 0.25) is 0 Å². The van der Waals surface area contributed by atoms with Gasteiger partial charge in [-0.2, -0.15) is 0 Å². The average molecular weight is 394 g/mol. The van der Waals surface area contributed by atoms with Crippen LogP contribution in [-0.2, 0) is 16.1 Å². The second-order valence-electron chi connectivity index (χ2n) is 6.87. The van der Waals surface area contributed by atoms with Crippen molar-refractivity contribution in [1.82, 2.24) is 4.90 Å². The molecule has 0 spiro atoms. The smallest absolute Gasteiger partial charge is 0.276 e.